The van der Waals surface area contributed by atoms with E-state index >= 15 is 0 Å². The molecule has 2 heterocycles. The van der Waals surface area contributed by atoms with E-state index in [-0.39, 0.29) is 5.56 Å². The van der Waals surface area contributed by atoms with Crippen molar-refractivity contribution in [1.29, 1.82) is 0 Å². The molecule has 4 aromatic rings. The minimum atomic E-state index is -0.654. The molecule has 0 aliphatic carbocycles. The average molecular weight is 386 g/mol. The molecule has 2 aromatic carbocycles. The molecular formula is C23H22N4O2. The minimum absolute atomic E-state index is 0.145. The van der Waals surface area contributed by atoms with Crippen LogP contribution < -0.4 is 10.9 Å². The number of aromatic nitrogens is 3. The van der Waals surface area contributed by atoms with Gasteiger partial charge in [-0.15, -0.1) is 0 Å². The minimum Gasteiger partial charge on any atom is -0.387 e. The van der Waals surface area contributed by atoms with E-state index in [1.54, 1.807) is 19.2 Å². The summed E-state index contributed by atoms with van der Waals surface area (Å²) in [6, 6.07) is 17.7. The van der Waals surface area contributed by atoms with Crippen molar-refractivity contribution >= 4 is 16.6 Å². The van der Waals surface area contributed by atoms with Crippen LogP contribution in [0.2, 0.25) is 0 Å². The van der Waals surface area contributed by atoms with Crippen LogP contribution in [0.25, 0.3) is 22.2 Å². The highest BCUT2D eigenvalue weighted by Gasteiger charge is 2.10. The molecule has 0 aliphatic heterocycles. The molecule has 0 radical (unpaired) electrons. The Bertz CT molecular complexity index is 1220. The maximum atomic E-state index is 11.9. The van der Waals surface area contributed by atoms with E-state index < -0.39 is 6.10 Å². The van der Waals surface area contributed by atoms with Crippen LogP contribution >= 0.6 is 0 Å². The number of anilines is 1. The van der Waals surface area contributed by atoms with Crippen LogP contribution in [0.15, 0.2) is 65.6 Å². The number of fused-ring (bicyclic) bond motifs is 1. The van der Waals surface area contributed by atoms with E-state index in [0.29, 0.717) is 29.4 Å². The third-order valence-electron chi connectivity index (χ3n) is 5.07. The molecule has 0 spiro atoms. The standard InChI is InChI=1S/C23H22N4O2/c1-14-15(2)26-22(27-23(14)29)19-9-10-21(24-12-19)25-13-20(28)18-8-7-16-5-3-4-6-17(16)11-18/h3-12,20,28H,13H2,1-2H3,(H,24,25)(H,26,27,29). The van der Waals surface area contributed by atoms with Gasteiger partial charge in [0.15, 0.2) is 0 Å². The van der Waals surface area contributed by atoms with Gasteiger partial charge < -0.3 is 15.4 Å². The van der Waals surface area contributed by atoms with Crippen LogP contribution in [-0.2, 0) is 0 Å². The summed E-state index contributed by atoms with van der Waals surface area (Å²) in [6.45, 7) is 3.89. The summed E-state index contributed by atoms with van der Waals surface area (Å²) in [7, 11) is 0. The van der Waals surface area contributed by atoms with Crippen molar-refractivity contribution < 1.29 is 5.11 Å². The first-order valence-electron chi connectivity index (χ1n) is 9.46. The van der Waals surface area contributed by atoms with Crippen molar-refractivity contribution in [2.24, 2.45) is 0 Å². The molecule has 0 saturated heterocycles. The molecule has 3 N–H and O–H groups in total. The topological polar surface area (TPSA) is 90.9 Å². The monoisotopic (exact) mass is 386 g/mol. The fraction of sp³-hybridized carbons (Fsp3) is 0.174. The number of hydrogen-bond donors (Lipinski definition) is 3. The van der Waals surface area contributed by atoms with Crippen LogP contribution in [0.5, 0.6) is 0 Å². The second-order valence-electron chi connectivity index (χ2n) is 7.06. The number of hydrogen-bond acceptors (Lipinski definition) is 5. The molecule has 6 nitrogen and oxygen atoms in total. The summed E-state index contributed by atoms with van der Waals surface area (Å²) in [4.78, 5) is 23.5. The summed E-state index contributed by atoms with van der Waals surface area (Å²) in [6.07, 6.45) is 0.997. The van der Waals surface area contributed by atoms with Gasteiger partial charge in [0, 0.05) is 29.6 Å². The van der Waals surface area contributed by atoms with Crippen molar-refractivity contribution in [3.63, 3.8) is 0 Å². The van der Waals surface area contributed by atoms with Crippen molar-refractivity contribution in [2.75, 3.05) is 11.9 Å². The molecule has 0 bridgehead atoms. The maximum Gasteiger partial charge on any atom is 0.254 e. The second kappa shape index (κ2) is 7.85. The smallest absolute Gasteiger partial charge is 0.254 e. The molecule has 4 rings (SSSR count). The maximum absolute atomic E-state index is 11.9. The highest BCUT2D eigenvalue weighted by molar-refractivity contribution is 5.83. The third kappa shape index (κ3) is 4.02. The first-order valence-corrected chi connectivity index (χ1v) is 9.46. The van der Waals surface area contributed by atoms with Gasteiger partial charge in [0.1, 0.15) is 11.6 Å². The van der Waals surface area contributed by atoms with Crippen molar-refractivity contribution in [1.82, 2.24) is 15.0 Å². The van der Waals surface area contributed by atoms with Gasteiger partial charge >= 0.3 is 0 Å². The molecule has 0 aliphatic rings. The normalized spacial score (nSPS) is 12.1. The van der Waals surface area contributed by atoms with Crippen LogP contribution in [-0.4, -0.2) is 26.6 Å². The SMILES string of the molecule is Cc1nc(-c2ccc(NCC(O)c3ccc4ccccc4c3)nc2)[nH]c(=O)c1C. The second-order valence-corrected chi connectivity index (χ2v) is 7.06. The van der Waals surface area contributed by atoms with Gasteiger partial charge in [-0.2, -0.15) is 0 Å². The van der Waals surface area contributed by atoms with Gasteiger partial charge in [0.05, 0.1) is 6.10 Å². The van der Waals surface area contributed by atoms with Crippen LogP contribution in [0, 0.1) is 13.8 Å². The Kier molecular flexibility index (Phi) is 5.10. The zero-order chi connectivity index (χ0) is 20.4. The van der Waals surface area contributed by atoms with Crippen molar-refractivity contribution in [3.05, 3.63) is 88.0 Å². The summed E-state index contributed by atoms with van der Waals surface area (Å²) < 4.78 is 0. The number of H-pyrrole nitrogens is 1. The molecule has 29 heavy (non-hydrogen) atoms. The van der Waals surface area contributed by atoms with E-state index in [1.165, 1.54) is 0 Å². The Labute approximate surface area is 168 Å². The molecule has 0 amide bonds. The lowest BCUT2D eigenvalue weighted by molar-refractivity contribution is 0.191. The van der Waals surface area contributed by atoms with Crippen molar-refractivity contribution in [2.45, 2.75) is 20.0 Å². The van der Waals surface area contributed by atoms with Crippen LogP contribution in [0.1, 0.15) is 22.9 Å². The number of benzene rings is 2. The number of aromatic amines is 1. The number of rotatable bonds is 5. The zero-order valence-corrected chi connectivity index (χ0v) is 16.3. The predicted octanol–water partition coefficient (Wildman–Crippen LogP) is 3.75. The lowest BCUT2D eigenvalue weighted by atomic mass is 10.0. The summed E-state index contributed by atoms with van der Waals surface area (Å²) in [5, 5.41) is 15.9. The van der Waals surface area contributed by atoms with Gasteiger partial charge in [-0.05, 0) is 48.4 Å². The number of aliphatic hydroxyl groups is 1. The summed E-state index contributed by atoms with van der Waals surface area (Å²) >= 11 is 0. The Morgan fingerprint density at radius 1 is 1.07 bits per heavy atom. The highest BCUT2D eigenvalue weighted by atomic mass is 16.3. The highest BCUT2D eigenvalue weighted by Crippen LogP contribution is 2.21. The van der Waals surface area contributed by atoms with E-state index in [1.807, 2.05) is 55.5 Å². The molecule has 1 atom stereocenters. The van der Waals surface area contributed by atoms with Gasteiger partial charge in [0.25, 0.3) is 5.56 Å². The molecular weight excluding hydrogens is 364 g/mol. The van der Waals surface area contributed by atoms with Gasteiger partial charge in [0.2, 0.25) is 0 Å². The van der Waals surface area contributed by atoms with E-state index in [4.69, 9.17) is 0 Å². The van der Waals surface area contributed by atoms with Crippen LogP contribution in [0.3, 0.4) is 0 Å². The van der Waals surface area contributed by atoms with Crippen LogP contribution in [0.4, 0.5) is 5.82 Å². The number of nitrogens with zero attached hydrogens (tertiary/aromatic N) is 2. The largest absolute Gasteiger partial charge is 0.387 e. The van der Waals surface area contributed by atoms with E-state index in [0.717, 1.165) is 21.9 Å². The summed E-state index contributed by atoms with van der Waals surface area (Å²) in [5.41, 5.74) is 2.75. The predicted molar refractivity (Wildman–Crippen MR) is 115 cm³/mol. The molecule has 2 aromatic heterocycles. The van der Waals surface area contributed by atoms with Gasteiger partial charge in [-0.25, -0.2) is 9.97 Å². The third-order valence-corrected chi connectivity index (χ3v) is 5.07. The Balaban J connectivity index is 1.45. The van der Waals surface area contributed by atoms with Crippen molar-refractivity contribution in [3.8, 4) is 11.4 Å². The molecule has 0 saturated carbocycles. The number of aryl methyl sites for hydroxylation is 1. The number of aliphatic hydroxyl groups excluding tert-OH is 1. The Morgan fingerprint density at radius 2 is 1.86 bits per heavy atom. The zero-order valence-electron chi connectivity index (χ0n) is 16.3. The molecule has 0 fully saturated rings. The Morgan fingerprint density at radius 3 is 2.59 bits per heavy atom. The number of nitrogens with one attached hydrogen (secondary N) is 2. The number of pyridine rings is 1. The van der Waals surface area contributed by atoms with E-state index in [9.17, 15) is 9.90 Å². The first kappa shape index (κ1) is 18.8. The fourth-order valence-electron chi connectivity index (χ4n) is 3.15. The average Bonchev–Trinajstić information content (AvgIpc) is 2.75. The van der Waals surface area contributed by atoms with E-state index in [2.05, 4.69) is 20.3 Å². The first-order chi connectivity index (χ1) is 14.0. The quantitative estimate of drug-likeness (QED) is 0.486. The molecule has 1 unspecified atom stereocenters. The summed E-state index contributed by atoms with van der Waals surface area (Å²) in [5.74, 6) is 1.13. The molecule has 146 valence electrons. The van der Waals surface area contributed by atoms with Gasteiger partial charge in [-0.1, -0.05) is 36.4 Å². The molecule has 6 heteroatoms. The lowest BCUT2D eigenvalue weighted by Gasteiger charge is -2.14. The Hall–Kier alpha value is -3.51. The lowest BCUT2D eigenvalue weighted by Crippen LogP contribution is -2.14. The fourth-order valence-corrected chi connectivity index (χ4v) is 3.15. The van der Waals surface area contributed by atoms with Gasteiger partial charge in [-0.3, -0.25) is 4.79 Å².